The Bertz CT molecular complexity index is 372. The van der Waals surface area contributed by atoms with Gasteiger partial charge in [-0.2, -0.15) is 0 Å². The maximum absolute atomic E-state index is 5.68. The summed E-state index contributed by atoms with van der Waals surface area (Å²) in [5.41, 5.74) is 7.18. The third-order valence-corrected chi connectivity index (χ3v) is 3.45. The van der Waals surface area contributed by atoms with Crippen molar-refractivity contribution in [3.05, 3.63) is 23.8 Å². The first-order chi connectivity index (χ1) is 7.75. The molecule has 0 saturated heterocycles. The van der Waals surface area contributed by atoms with Crippen LogP contribution in [0, 0.1) is 0 Å². The summed E-state index contributed by atoms with van der Waals surface area (Å²) in [5, 5.41) is 0. The first-order valence-corrected chi connectivity index (χ1v) is 5.68. The number of hydrogen-bond donors (Lipinski definition) is 1. The summed E-state index contributed by atoms with van der Waals surface area (Å²) in [6.45, 7) is 0.723. The molecule has 0 spiro atoms. The van der Waals surface area contributed by atoms with Gasteiger partial charge >= 0.3 is 0 Å². The Morgan fingerprint density at radius 1 is 1.25 bits per heavy atom. The first-order valence-electron chi connectivity index (χ1n) is 5.68. The molecule has 1 aliphatic carbocycles. The van der Waals surface area contributed by atoms with Gasteiger partial charge in [0.05, 0.1) is 14.2 Å². The van der Waals surface area contributed by atoms with Crippen LogP contribution in [0.15, 0.2) is 18.2 Å². The van der Waals surface area contributed by atoms with Gasteiger partial charge in [0.25, 0.3) is 0 Å². The third kappa shape index (κ3) is 1.87. The molecule has 2 N–H and O–H groups in total. The zero-order valence-corrected chi connectivity index (χ0v) is 9.95. The van der Waals surface area contributed by atoms with Crippen LogP contribution in [0.5, 0.6) is 11.5 Å². The lowest BCUT2D eigenvalue weighted by atomic mass is 9.91. The quantitative estimate of drug-likeness (QED) is 0.828. The zero-order chi connectivity index (χ0) is 11.6. The molecule has 1 fully saturated rings. The largest absolute Gasteiger partial charge is 0.497 e. The molecule has 0 amide bonds. The third-order valence-electron chi connectivity index (χ3n) is 3.45. The summed E-state index contributed by atoms with van der Waals surface area (Å²) in [6.07, 6.45) is 3.43. The van der Waals surface area contributed by atoms with E-state index in [0.717, 1.165) is 24.5 Å². The Kier molecular flexibility index (Phi) is 3.06. The first kappa shape index (κ1) is 11.3. The van der Waals surface area contributed by atoms with E-state index in [9.17, 15) is 0 Å². The van der Waals surface area contributed by atoms with Gasteiger partial charge in [0, 0.05) is 11.0 Å². The molecule has 1 aromatic carbocycles. The Labute approximate surface area is 96.5 Å². The highest BCUT2D eigenvalue weighted by molar-refractivity contribution is 5.47. The maximum atomic E-state index is 5.68. The van der Waals surface area contributed by atoms with E-state index < -0.39 is 0 Å². The fourth-order valence-electron chi connectivity index (χ4n) is 2.31. The smallest absolute Gasteiger partial charge is 0.122 e. The summed E-state index contributed by atoms with van der Waals surface area (Å²) in [6, 6.07) is 5.99. The SMILES string of the molecule is COc1ccc(OC)c(C2(CCN)CC2)c1. The van der Waals surface area contributed by atoms with E-state index in [1.54, 1.807) is 14.2 Å². The predicted octanol–water partition coefficient (Wildman–Crippen LogP) is 2.08. The molecular formula is C13H19NO2. The highest BCUT2D eigenvalue weighted by Gasteiger charge is 2.45. The molecule has 0 atom stereocenters. The lowest BCUT2D eigenvalue weighted by molar-refractivity contribution is 0.392. The molecule has 0 aromatic heterocycles. The summed E-state index contributed by atoms with van der Waals surface area (Å²) >= 11 is 0. The van der Waals surface area contributed by atoms with Gasteiger partial charge in [-0.3, -0.25) is 0 Å². The van der Waals surface area contributed by atoms with Gasteiger partial charge in [0.15, 0.2) is 0 Å². The number of ether oxygens (including phenoxy) is 2. The van der Waals surface area contributed by atoms with E-state index in [0.29, 0.717) is 0 Å². The molecule has 1 aromatic rings. The van der Waals surface area contributed by atoms with E-state index in [1.807, 2.05) is 12.1 Å². The van der Waals surface area contributed by atoms with Gasteiger partial charge in [-0.1, -0.05) is 0 Å². The monoisotopic (exact) mass is 221 g/mol. The second-order valence-corrected chi connectivity index (χ2v) is 4.39. The standard InChI is InChI=1S/C13H19NO2/c1-15-10-3-4-12(16-2)11(9-10)13(5-6-13)7-8-14/h3-4,9H,5-8,14H2,1-2H3. The molecule has 0 aliphatic heterocycles. The minimum Gasteiger partial charge on any atom is -0.497 e. The molecule has 16 heavy (non-hydrogen) atoms. The molecule has 2 rings (SSSR count). The lowest BCUT2D eigenvalue weighted by Crippen LogP contribution is -2.14. The van der Waals surface area contributed by atoms with Crippen molar-refractivity contribution in [2.45, 2.75) is 24.7 Å². The molecule has 1 saturated carbocycles. The minimum absolute atomic E-state index is 0.245. The van der Waals surface area contributed by atoms with E-state index in [2.05, 4.69) is 6.07 Å². The van der Waals surface area contributed by atoms with Crippen molar-refractivity contribution in [3.63, 3.8) is 0 Å². The van der Waals surface area contributed by atoms with Crippen LogP contribution in [0.1, 0.15) is 24.8 Å². The normalized spacial score (nSPS) is 16.9. The fourth-order valence-corrected chi connectivity index (χ4v) is 2.31. The summed E-state index contributed by atoms with van der Waals surface area (Å²) in [4.78, 5) is 0. The van der Waals surface area contributed by atoms with Crippen LogP contribution in [0.3, 0.4) is 0 Å². The van der Waals surface area contributed by atoms with E-state index in [-0.39, 0.29) is 5.41 Å². The van der Waals surface area contributed by atoms with Crippen molar-refractivity contribution in [1.29, 1.82) is 0 Å². The van der Waals surface area contributed by atoms with Crippen LogP contribution in [0.2, 0.25) is 0 Å². The second-order valence-electron chi connectivity index (χ2n) is 4.39. The predicted molar refractivity (Wildman–Crippen MR) is 64.1 cm³/mol. The van der Waals surface area contributed by atoms with Crippen molar-refractivity contribution in [2.75, 3.05) is 20.8 Å². The Morgan fingerprint density at radius 2 is 2.00 bits per heavy atom. The second kappa shape index (κ2) is 4.34. The average Bonchev–Trinajstić information content (AvgIpc) is 3.09. The van der Waals surface area contributed by atoms with Gasteiger partial charge < -0.3 is 15.2 Å². The topological polar surface area (TPSA) is 44.5 Å². The molecule has 1 aliphatic rings. The van der Waals surface area contributed by atoms with Crippen LogP contribution in [0.25, 0.3) is 0 Å². The minimum atomic E-state index is 0.245. The molecule has 0 unspecified atom stereocenters. The van der Waals surface area contributed by atoms with Crippen molar-refractivity contribution in [2.24, 2.45) is 5.73 Å². The maximum Gasteiger partial charge on any atom is 0.122 e. The number of benzene rings is 1. The Hall–Kier alpha value is -1.22. The van der Waals surface area contributed by atoms with Crippen LogP contribution in [-0.4, -0.2) is 20.8 Å². The Morgan fingerprint density at radius 3 is 2.50 bits per heavy atom. The summed E-state index contributed by atoms with van der Waals surface area (Å²) in [5.74, 6) is 1.84. The number of methoxy groups -OCH3 is 2. The number of hydrogen-bond acceptors (Lipinski definition) is 3. The average molecular weight is 221 g/mol. The van der Waals surface area contributed by atoms with E-state index in [4.69, 9.17) is 15.2 Å². The van der Waals surface area contributed by atoms with Crippen molar-refractivity contribution < 1.29 is 9.47 Å². The van der Waals surface area contributed by atoms with Gasteiger partial charge in [-0.15, -0.1) is 0 Å². The lowest BCUT2D eigenvalue weighted by Gasteiger charge is -2.18. The summed E-state index contributed by atoms with van der Waals surface area (Å²) in [7, 11) is 3.40. The molecule has 88 valence electrons. The van der Waals surface area contributed by atoms with Gasteiger partial charge in [0.1, 0.15) is 11.5 Å². The molecule has 3 nitrogen and oxygen atoms in total. The molecule has 0 radical (unpaired) electrons. The zero-order valence-electron chi connectivity index (χ0n) is 9.95. The number of rotatable bonds is 5. The highest BCUT2D eigenvalue weighted by atomic mass is 16.5. The van der Waals surface area contributed by atoms with Crippen molar-refractivity contribution in [3.8, 4) is 11.5 Å². The van der Waals surface area contributed by atoms with Crippen LogP contribution in [-0.2, 0) is 5.41 Å². The van der Waals surface area contributed by atoms with Gasteiger partial charge in [-0.05, 0) is 44.0 Å². The van der Waals surface area contributed by atoms with E-state index >= 15 is 0 Å². The number of nitrogens with two attached hydrogens (primary N) is 1. The van der Waals surface area contributed by atoms with Gasteiger partial charge in [0.2, 0.25) is 0 Å². The molecular weight excluding hydrogens is 202 g/mol. The highest BCUT2D eigenvalue weighted by Crippen LogP contribution is 2.54. The molecule has 0 bridgehead atoms. The van der Waals surface area contributed by atoms with Crippen LogP contribution >= 0.6 is 0 Å². The summed E-state index contributed by atoms with van der Waals surface area (Å²) < 4.78 is 10.7. The molecule has 0 heterocycles. The van der Waals surface area contributed by atoms with E-state index in [1.165, 1.54) is 18.4 Å². The Balaban J connectivity index is 2.37. The van der Waals surface area contributed by atoms with Crippen LogP contribution < -0.4 is 15.2 Å². The van der Waals surface area contributed by atoms with Crippen molar-refractivity contribution in [1.82, 2.24) is 0 Å². The van der Waals surface area contributed by atoms with Crippen molar-refractivity contribution >= 4 is 0 Å². The fraction of sp³-hybridized carbons (Fsp3) is 0.538. The molecule has 3 heteroatoms. The van der Waals surface area contributed by atoms with Crippen LogP contribution in [0.4, 0.5) is 0 Å². The van der Waals surface area contributed by atoms with Gasteiger partial charge in [-0.25, -0.2) is 0 Å².